The number of primary amides is 1. The minimum absolute atomic E-state index is 0.0685. The van der Waals surface area contributed by atoms with Crippen molar-refractivity contribution in [3.05, 3.63) is 34.3 Å². The van der Waals surface area contributed by atoms with Crippen LogP contribution in [0.2, 0.25) is 0 Å². The Morgan fingerprint density at radius 3 is 2.44 bits per heavy atom. The molecule has 1 atom stereocenters. The van der Waals surface area contributed by atoms with Crippen LogP contribution in [0.4, 0.5) is 0 Å². The number of benzene rings is 1. The van der Waals surface area contributed by atoms with Crippen LogP contribution < -0.4 is 5.73 Å². The van der Waals surface area contributed by atoms with Gasteiger partial charge < -0.3 is 10.8 Å². The van der Waals surface area contributed by atoms with E-state index >= 15 is 0 Å². The summed E-state index contributed by atoms with van der Waals surface area (Å²) in [5.74, 6) is -2.05. The fourth-order valence-electron chi connectivity index (χ4n) is 1.29. The van der Waals surface area contributed by atoms with E-state index in [-0.39, 0.29) is 6.42 Å². The molecule has 1 aromatic carbocycles. The third kappa shape index (κ3) is 2.41. The molecule has 0 spiro atoms. The first-order valence-corrected chi connectivity index (χ1v) is 5.44. The summed E-state index contributed by atoms with van der Waals surface area (Å²) in [6.45, 7) is 1.33. The Morgan fingerprint density at radius 1 is 1.44 bits per heavy atom. The Hall–Kier alpha value is -1.36. The lowest BCUT2D eigenvalue weighted by Crippen LogP contribution is -2.43. The van der Waals surface area contributed by atoms with Gasteiger partial charge in [-0.25, -0.2) is 0 Å². The number of nitrogens with two attached hydrogens (primary N) is 1. The Bertz CT molecular complexity index is 417. The monoisotopic (exact) mass is 285 g/mol. The summed E-state index contributed by atoms with van der Waals surface area (Å²) in [4.78, 5) is 22.3. The molecule has 1 rings (SSSR count). The van der Waals surface area contributed by atoms with Crippen LogP contribution in [-0.4, -0.2) is 17.0 Å². The van der Waals surface area contributed by atoms with Gasteiger partial charge in [-0.15, -0.1) is 0 Å². The predicted molar refractivity (Wildman–Crippen MR) is 62.8 cm³/mol. The molecule has 0 fully saturated rings. The van der Waals surface area contributed by atoms with Gasteiger partial charge in [0.25, 0.3) is 0 Å². The van der Waals surface area contributed by atoms with E-state index in [1.54, 1.807) is 18.2 Å². The Balaban J connectivity index is 3.07. The smallest absolute Gasteiger partial charge is 0.319 e. The lowest BCUT2D eigenvalue weighted by Gasteiger charge is -2.21. The molecule has 16 heavy (non-hydrogen) atoms. The second-order valence-corrected chi connectivity index (χ2v) is 4.62. The molecular formula is C11H12BrNO3. The zero-order chi connectivity index (χ0) is 12.3. The molecule has 1 aromatic rings. The minimum atomic E-state index is -1.58. The second-order valence-electron chi connectivity index (χ2n) is 3.77. The molecule has 1 unspecified atom stereocenters. The molecule has 0 heterocycles. The van der Waals surface area contributed by atoms with Crippen molar-refractivity contribution in [1.29, 1.82) is 0 Å². The van der Waals surface area contributed by atoms with Gasteiger partial charge in [-0.1, -0.05) is 34.1 Å². The van der Waals surface area contributed by atoms with Crippen molar-refractivity contribution in [2.45, 2.75) is 13.3 Å². The standard InChI is InChI=1S/C11H12BrNO3/c1-11(9(13)14,10(15)16)6-7-4-2-3-5-8(7)12/h2-5H,6H2,1H3,(H2,13,14)(H,15,16). The van der Waals surface area contributed by atoms with Crippen LogP contribution in [0, 0.1) is 5.41 Å². The first kappa shape index (κ1) is 12.7. The molecule has 0 aliphatic carbocycles. The quantitative estimate of drug-likeness (QED) is 0.824. The largest absolute Gasteiger partial charge is 0.480 e. The van der Waals surface area contributed by atoms with Crippen LogP contribution >= 0.6 is 15.9 Å². The summed E-state index contributed by atoms with van der Waals surface area (Å²) in [6.07, 6.45) is 0.0685. The van der Waals surface area contributed by atoms with Gasteiger partial charge in [-0.2, -0.15) is 0 Å². The number of aliphatic carboxylic acids is 1. The summed E-state index contributed by atoms with van der Waals surface area (Å²) in [7, 11) is 0. The summed E-state index contributed by atoms with van der Waals surface area (Å²) in [5.41, 5.74) is 4.30. The van der Waals surface area contributed by atoms with Crippen molar-refractivity contribution in [3.8, 4) is 0 Å². The number of hydrogen-bond acceptors (Lipinski definition) is 2. The normalized spacial score (nSPS) is 14.1. The average Bonchev–Trinajstić information content (AvgIpc) is 2.20. The highest BCUT2D eigenvalue weighted by atomic mass is 79.9. The minimum Gasteiger partial charge on any atom is -0.480 e. The number of carboxylic acid groups (broad SMARTS) is 1. The van der Waals surface area contributed by atoms with Crippen LogP contribution in [-0.2, 0) is 16.0 Å². The molecule has 5 heteroatoms. The fraction of sp³-hybridized carbons (Fsp3) is 0.273. The van der Waals surface area contributed by atoms with Crippen molar-refractivity contribution >= 4 is 27.8 Å². The van der Waals surface area contributed by atoms with E-state index in [0.717, 1.165) is 10.0 Å². The van der Waals surface area contributed by atoms with E-state index in [0.29, 0.717) is 0 Å². The molecular weight excluding hydrogens is 274 g/mol. The van der Waals surface area contributed by atoms with Gasteiger partial charge in [-0.05, 0) is 25.0 Å². The first-order chi connectivity index (χ1) is 7.38. The second kappa shape index (κ2) is 4.65. The molecule has 86 valence electrons. The Kier molecular flexibility index (Phi) is 3.70. The zero-order valence-corrected chi connectivity index (χ0v) is 10.3. The lowest BCUT2D eigenvalue weighted by atomic mass is 9.83. The SMILES string of the molecule is CC(Cc1ccccc1Br)(C(N)=O)C(=O)O. The van der Waals surface area contributed by atoms with Crippen LogP contribution in [0.3, 0.4) is 0 Å². The summed E-state index contributed by atoms with van der Waals surface area (Å²) >= 11 is 3.30. The van der Waals surface area contributed by atoms with Crippen LogP contribution in [0.25, 0.3) is 0 Å². The van der Waals surface area contributed by atoms with Crippen molar-refractivity contribution in [3.63, 3.8) is 0 Å². The number of hydrogen-bond donors (Lipinski definition) is 2. The molecule has 3 N–H and O–H groups in total. The van der Waals surface area contributed by atoms with Gasteiger partial charge in [-0.3, -0.25) is 9.59 Å². The highest BCUT2D eigenvalue weighted by Gasteiger charge is 2.40. The van der Waals surface area contributed by atoms with Crippen LogP contribution in [0.15, 0.2) is 28.7 Å². The van der Waals surface area contributed by atoms with Crippen LogP contribution in [0.5, 0.6) is 0 Å². The van der Waals surface area contributed by atoms with Gasteiger partial charge in [0.1, 0.15) is 5.41 Å². The third-order valence-electron chi connectivity index (χ3n) is 2.52. The number of carboxylic acids is 1. The number of rotatable bonds is 4. The molecule has 0 aliphatic heterocycles. The molecule has 0 bridgehead atoms. The zero-order valence-electron chi connectivity index (χ0n) is 8.74. The van der Waals surface area contributed by atoms with E-state index < -0.39 is 17.3 Å². The van der Waals surface area contributed by atoms with E-state index in [2.05, 4.69) is 15.9 Å². The molecule has 4 nitrogen and oxygen atoms in total. The molecule has 0 aromatic heterocycles. The van der Waals surface area contributed by atoms with Crippen molar-refractivity contribution in [2.75, 3.05) is 0 Å². The fourth-order valence-corrected chi connectivity index (χ4v) is 1.72. The molecule has 0 saturated carbocycles. The van der Waals surface area contributed by atoms with Gasteiger partial charge in [0.2, 0.25) is 5.91 Å². The van der Waals surface area contributed by atoms with E-state index in [9.17, 15) is 9.59 Å². The van der Waals surface area contributed by atoms with Crippen molar-refractivity contribution in [2.24, 2.45) is 11.1 Å². The molecule has 0 aliphatic rings. The van der Waals surface area contributed by atoms with Gasteiger partial charge in [0.05, 0.1) is 0 Å². The van der Waals surface area contributed by atoms with Gasteiger partial charge >= 0.3 is 5.97 Å². The average molecular weight is 286 g/mol. The number of halogens is 1. The Morgan fingerprint density at radius 2 is 2.00 bits per heavy atom. The van der Waals surface area contributed by atoms with Crippen molar-refractivity contribution in [1.82, 2.24) is 0 Å². The Labute approximate surface area is 102 Å². The van der Waals surface area contributed by atoms with Crippen molar-refractivity contribution < 1.29 is 14.7 Å². The van der Waals surface area contributed by atoms with Crippen LogP contribution in [0.1, 0.15) is 12.5 Å². The maximum atomic E-state index is 11.2. The molecule has 0 saturated heterocycles. The third-order valence-corrected chi connectivity index (χ3v) is 3.29. The maximum absolute atomic E-state index is 11.2. The number of carbonyl (C=O) groups is 2. The highest BCUT2D eigenvalue weighted by molar-refractivity contribution is 9.10. The summed E-state index contributed by atoms with van der Waals surface area (Å²) in [6, 6.07) is 7.14. The first-order valence-electron chi connectivity index (χ1n) is 4.64. The molecule has 0 radical (unpaired) electrons. The molecule has 1 amide bonds. The summed E-state index contributed by atoms with van der Waals surface area (Å²) < 4.78 is 0.767. The maximum Gasteiger partial charge on any atom is 0.319 e. The van der Waals surface area contributed by atoms with Gasteiger partial charge in [0.15, 0.2) is 0 Å². The van der Waals surface area contributed by atoms with Gasteiger partial charge in [0, 0.05) is 4.47 Å². The number of carbonyl (C=O) groups excluding carboxylic acids is 1. The number of amides is 1. The highest BCUT2D eigenvalue weighted by Crippen LogP contribution is 2.27. The summed E-state index contributed by atoms with van der Waals surface area (Å²) in [5, 5.41) is 9.04. The topological polar surface area (TPSA) is 80.4 Å². The van der Waals surface area contributed by atoms with E-state index in [1.165, 1.54) is 6.92 Å². The lowest BCUT2D eigenvalue weighted by molar-refractivity contribution is -0.153. The predicted octanol–water partition coefficient (Wildman–Crippen LogP) is 1.57. The van der Waals surface area contributed by atoms with E-state index in [4.69, 9.17) is 10.8 Å². The van der Waals surface area contributed by atoms with E-state index in [1.807, 2.05) is 6.07 Å².